The van der Waals surface area contributed by atoms with E-state index in [2.05, 4.69) is 5.32 Å². The number of halogens is 1. The molecule has 2 heterocycles. The molecule has 1 saturated heterocycles. The van der Waals surface area contributed by atoms with Crippen molar-refractivity contribution in [2.45, 2.75) is 18.4 Å². The summed E-state index contributed by atoms with van der Waals surface area (Å²) in [4.78, 5) is 14.9. The number of nitrogens with one attached hydrogen (secondary N) is 1. The van der Waals surface area contributed by atoms with Crippen LogP contribution in [0.1, 0.15) is 17.5 Å². The molecule has 112 valence electrons. The second kappa shape index (κ2) is 4.92. The minimum Gasteiger partial charge on any atom is -0.315 e. The van der Waals surface area contributed by atoms with Crippen molar-refractivity contribution in [1.29, 1.82) is 0 Å². The summed E-state index contributed by atoms with van der Waals surface area (Å²) in [5.41, 5.74) is 2.43. The van der Waals surface area contributed by atoms with Crippen molar-refractivity contribution >= 4 is 11.6 Å². The fourth-order valence-corrected chi connectivity index (χ4v) is 3.68. The molecule has 1 fully saturated rings. The van der Waals surface area contributed by atoms with Crippen molar-refractivity contribution in [3.8, 4) is 0 Å². The monoisotopic (exact) mass is 296 g/mol. The van der Waals surface area contributed by atoms with Crippen molar-refractivity contribution in [1.82, 2.24) is 5.32 Å². The first-order valence-electron chi connectivity index (χ1n) is 7.57. The smallest absolute Gasteiger partial charge is 0.239 e. The fourth-order valence-electron chi connectivity index (χ4n) is 3.68. The first-order chi connectivity index (χ1) is 10.7. The zero-order chi connectivity index (χ0) is 15.2. The van der Waals surface area contributed by atoms with E-state index in [9.17, 15) is 9.18 Å². The summed E-state index contributed by atoms with van der Waals surface area (Å²) in [5, 5.41) is 3.31. The van der Waals surface area contributed by atoms with Crippen LogP contribution >= 0.6 is 0 Å². The highest BCUT2D eigenvalue weighted by molar-refractivity contribution is 6.08. The van der Waals surface area contributed by atoms with Gasteiger partial charge in [-0.15, -0.1) is 0 Å². The molecule has 2 aliphatic heterocycles. The molecule has 1 unspecified atom stereocenters. The lowest BCUT2D eigenvalue weighted by molar-refractivity contribution is -0.122. The SMILES string of the molecule is O=C1N(Cc2cccc(F)c2)c2ccccc2C12CCNC2. The molecule has 2 aromatic carbocycles. The maximum Gasteiger partial charge on any atom is 0.239 e. The van der Waals surface area contributed by atoms with Crippen LogP contribution in [-0.4, -0.2) is 19.0 Å². The molecule has 0 aliphatic carbocycles. The molecular weight excluding hydrogens is 279 g/mol. The standard InChI is InChI=1S/C18H17FN2O/c19-14-5-3-4-13(10-14)11-21-16-7-2-1-6-15(16)18(17(21)22)8-9-20-12-18/h1-7,10,20H,8-9,11-12H2. The molecule has 0 bridgehead atoms. The third-order valence-corrected chi connectivity index (χ3v) is 4.75. The molecule has 0 radical (unpaired) electrons. The number of hydrogen-bond acceptors (Lipinski definition) is 2. The van der Waals surface area contributed by atoms with Crippen molar-refractivity contribution in [2.75, 3.05) is 18.0 Å². The van der Waals surface area contributed by atoms with Crippen molar-refractivity contribution in [3.63, 3.8) is 0 Å². The van der Waals surface area contributed by atoms with E-state index in [1.165, 1.54) is 12.1 Å². The molecule has 1 spiro atoms. The molecule has 4 rings (SSSR count). The Hall–Kier alpha value is -2.20. The minimum atomic E-state index is -0.441. The van der Waals surface area contributed by atoms with Gasteiger partial charge in [0.1, 0.15) is 5.82 Å². The van der Waals surface area contributed by atoms with Crippen LogP contribution in [0.2, 0.25) is 0 Å². The van der Waals surface area contributed by atoms with Gasteiger partial charge in [-0.1, -0.05) is 30.3 Å². The largest absolute Gasteiger partial charge is 0.315 e. The Balaban J connectivity index is 1.76. The van der Waals surface area contributed by atoms with E-state index in [1.807, 2.05) is 30.3 Å². The number of rotatable bonds is 2. The topological polar surface area (TPSA) is 32.3 Å². The van der Waals surface area contributed by atoms with Gasteiger partial charge >= 0.3 is 0 Å². The van der Waals surface area contributed by atoms with Crippen molar-refractivity contribution in [3.05, 3.63) is 65.5 Å². The summed E-state index contributed by atoms with van der Waals surface area (Å²) in [7, 11) is 0. The molecule has 1 amide bonds. The van der Waals surface area contributed by atoms with Gasteiger partial charge in [0.15, 0.2) is 0 Å². The average molecular weight is 296 g/mol. The van der Waals surface area contributed by atoms with Crippen LogP contribution < -0.4 is 10.2 Å². The number of benzene rings is 2. The Morgan fingerprint density at radius 1 is 1.18 bits per heavy atom. The summed E-state index contributed by atoms with van der Waals surface area (Å²) >= 11 is 0. The number of anilines is 1. The van der Waals surface area contributed by atoms with E-state index in [1.54, 1.807) is 11.0 Å². The van der Waals surface area contributed by atoms with Gasteiger partial charge in [-0.05, 0) is 42.3 Å². The minimum absolute atomic E-state index is 0.128. The molecule has 4 heteroatoms. The van der Waals surface area contributed by atoms with Crippen molar-refractivity contribution in [2.24, 2.45) is 0 Å². The highest BCUT2D eigenvalue weighted by Crippen LogP contribution is 2.45. The molecule has 0 saturated carbocycles. The fraction of sp³-hybridized carbons (Fsp3) is 0.278. The first-order valence-corrected chi connectivity index (χ1v) is 7.57. The Kier molecular flexibility index (Phi) is 3.01. The van der Waals surface area contributed by atoms with E-state index < -0.39 is 5.41 Å². The highest BCUT2D eigenvalue weighted by atomic mass is 19.1. The predicted octanol–water partition coefficient (Wildman–Crippen LogP) is 2.60. The molecule has 2 aliphatic rings. The summed E-state index contributed by atoms with van der Waals surface area (Å²) < 4.78 is 13.4. The van der Waals surface area contributed by atoms with E-state index >= 15 is 0 Å². The van der Waals surface area contributed by atoms with Gasteiger partial charge in [0.25, 0.3) is 0 Å². The number of amides is 1. The van der Waals surface area contributed by atoms with Gasteiger partial charge in [-0.3, -0.25) is 4.79 Å². The number of para-hydroxylation sites is 1. The zero-order valence-corrected chi connectivity index (χ0v) is 12.2. The molecule has 3 nitrogen and oxygen atoms in total. The van der Waals surface area contributed by atoms with Gasteiger partial charge in [0, 0.05) is 12.2 Å². The Bertz CT molecular complexity index is 737. The predicted molar refractivity (Wildman–Crippen MR) is 83.2 cm³/mol. The molecule has 2 aromatic rings. The lowest BCUT2D eigenvalue weighted by atomic mass is 9.81. The quantitative estimate of drug-likeness (QED) is 0.924. The molecule has 0 aromatic heterocycles. The molecule has 1 atom stereocenters. The summed E-state index contributed by atoms with van der Waals surface area (Å²) in [5.74, 6) is -0.141. The summed E-state index contributed by atoms with van der Waals surface area (Å²) in [6.45, 7) is 1.95. The molecular formula is C18H17FN2O. The van der Waals surface area contributed by atoms with Crippen LogP contribution in [0, 0.1) is 5.82 Å². The lowest BCUT2D eigenvalue weighted by Crippen LogP contribution is -2.41. The Labute approximate surface area is 128 Å². The summed E-state index contributed by atoms with van der Waals surface area (Å²) in [6.07, 6.45) is 0.822. The Morgan fingerprint density at radius 2 is 2.05 bits per heavy atom. The molecule has 22 heavy (non-hydrogen) atoms. The van der Waals surface area contributed by atoms with E-state index in [0.29, 0.717) is 13.1 Å². The van der Waals surface area contributed by atoms with Crippen LogP contribution in [0.3, 0.4) is 0 Å². The van der Waals surface area contributed by atoms with E-state index in [-0.39, 0.29) is 11.7 Å². The lowest BCUT2D eigenvalue weighted by Gasteiger charge is -2.23. The second-order valence-corrected chi connectivity index (χ2v) is 6.05. The van der Waals surface area contributed by atoms with Crippen LogP contribution in [-0.2, 0) is 16.8 Å². The second-order valence-electron chi connectivity index (χ2n) is 6.05. The summed E-state index contributed by atoms with van der Waals surface area (Å²) in [6, 6.07) is 14.4. The van der Waals surface area contributed by atoms with Crippen LogP contribution in [0.15, 0.2) is 48.5 Å². The normalized spacial score (nSPS) is 23.3. The highest BCUT2D eigenvalue weighted by Gasteiger charge is 2.52. The van der Waals surface area contributed by atoms with Gasteiger partial charge in [0.05, 0.1) is 12.0 Å². The zero-order valence-electron chi connectivity index (χ0n) is 12.2. The number of nitrogens with zero attached hydrogens (tertiary/aromatic N) is 1. The van der Waals surface area contributed by atoms with Crippen LogP contribution in [0.5, 0.6) is 0 Å². The molecule has 1 N–H and O–H groups in total. The van der Waals surface area contributed by atoms with Gasteiger partial charge < -0.3 is 10.2 Å². The van der Waals surface area contributed by atoms with Gasteiger partial charge in [0.2, 0.25) is 5.91 Å². The van der Waals surface area contributed by atoms with E-state index in [4.69, 9.17) is 0 Å². The maximum atomic E-state index is 13.4. The first kappa shape index (κ1) is 13.5. The Morgan fingerprint density at radius 3 is 2.82 bits per heavy atom. The average Bonchev–Trinajstić information content (AvgIpc) is 3.10. The van der Waals surface area contributed by atoms with Gasteiger partial charge in [-0.25, -0.2) is 4.39 Å². The maximum absolute atomic E-state index is 13.4. The number of carbonyl (C=O) groups excluding carboxylic acids is 1. The van der Waals surface area contributed by atoms with Gasteiger partial charge in [-0.2, -0.15) is 0 Å². The number of fused-ring (bicyclic) bond motifs is 2. The number of carbonyl (C=O) groups is 1. The van der Waals surface area contributed by atoms with Crippen LogP contribution in [0.25, 0.3) is 0 Å². The van der Waals surface area contributed by atoms with Crippen molar-refractivity contribution < 1.29 is 9.18 Å². The van der Waals surface area contributed by atoms with E-state index in [0.717, 1.165) is 29.8 Å². The third-order valence-electron chi connectivity index (χ3n) is 4.75. The van der Waals surface area contributed by atoms with Crippen LogP contribution in [0.4, 0.5) is 10.1 Å². The number of hydrogen-bond donors (Lipinski definition) is 1. The third kappa shape index (κ3) is 1.87.